The van der Waals surface area contributed by atoms with Crippen LogP contribution in [0.25, 0.3) is 0 Å². The molecule has 1 rings (SSSR count). The zero-order valence-electron chi connectivity index (χ0n) is 12.1. The average Bonchev–Trinajstić information content (AvgIpc) is 2.32. The highest BCUT2D eigenvalue weighted by atomic mass is 19.4. The van der Waals surface area contributed by atoms with Crippen LogP contribution in [-0.4, -0.2) is 18.8 Å². The Bertz CT molecular complexity index is 461. The number of anilines is 2. The predicted octanol–water partition coefficient (Wildman–Crippen LogP) is 4.34. The van der Waals surface area contributed by atoms with Crippen molar-refractivity contribution in [3.8, 4) is 5.75 Å². The fourth-order valence-electron chi connectivity index (χ4n) is 1.74. The maximum absolute atomic E-state index is 13.6. The van der Waals surface area contributed by atoms with Crippen LogP contribution in [0.1, 0.15) is 33.1 Å². The van der Waals surface area contributed by atoms with Gasteiger partial charge in [-0.05, 0) is 26.7 Å². The first-order chi connectivity index (χ1) is 9.69. The zero-order valence-corrected chi connectivity index (χ0v) is 12.1. The number of nitrogen functional groups attached to an aromatic ring is 1. The van der Waals surface area contributed by atoms with E-state index in [2.05, 4.69) is 5.32 Å². The van der Waals surface area contributed by atoms with Crippen LogP contribution in [-0.2, 0) is 0 Å². The maximum atomic E-state index is 13.6. The maximum Gasteiger partial charge on any atom is 0.389 e. The number of halogens is 4. The molecule has 0 unspecified atom stereocenters. The summed E-state index contributed by atoms with van der Waals surface area (Å²) in [4.78, 5) is 0. The first-order valence-electron chi connectivity index (χ1n) is 6.75. The molecule has 0 saturated carbocycles. The lowest BCUT2D eigenvalue weighted by Crippen LogP contribution is -2.11. The van der Waals surface area contributed by atoms with Crippen LogP contribution < -0.4 is 15.8 Å². The van der Waals surface area contributed by atoms with Crippen molar-refractivity contribution in [2.24, 2.45) is 0 Å². The van der Waals surface area contributed by atoms with Crippen LogP contribution in [0.2, 0.25) is 0 Å². The van der Waals surface area contributed by atoms with Crippen LogP contribution in [0.5, 0.6) is 5.75 Å². The van der Waals surface area contributed by atoms with E-state index in [4.69, 9.17) is 10.5 Å². The zero-order chi connectivity index (χ0) is 16.0. The minimum absolute atomic E-state index is 0.0347. The molecule has 0 spiro atoms. The normalized spacial score (nSPS) is 11.8. The van der Waals surface area contributed by atoms with Crippen molar-refractivity contribution in [1.29, 1.82) is 0 Å². The number of rotatable bonds is 7. The summed E-state index contributed by atoms with van der Waals surface area (Å²) in [5.41, 5.74) is 6.32. The van der Waals surface area contributed by atoms with Crippen molar-refractivity contribution >= 4 is 11.4 Å². The van der Waals surface area contributed by atoms with E-state index in [1.165, 1.54) is 6.07 Å². The highest BCUT2D eigenvalue weighted by Crippen LogP contribution is 2.29. The summed E-state index contributed by atoms with van der Waals surface area (Å²) in [5.74, 6) is -0.499. The van der Waals surface area contributed by atoms with Gasteiger partial charge in [0.05, 0.1) is 17.5 Å². The van der Waals surface area contributed by atoms with Crippen LogP contribution in [0.3, 0.4) is 0 Å². The number of hydrogen-bond acceptors (Lipinski definition) is 3. The van der Waals surface area contributed by atoms with Gasteiger partial charge in [-0.1, -0.05) is 0 Å². The third-order valence-corrected chi connectivity index (χ3v) is 2.67. The fourth-order valence-corrected chi connectivity index (χ4v) is 1.74. The second kappa shape index (κ2) is 7.38. The summed E-state index contributed by atoms with van der Waals surface area (Å²) < 4.78 is 54.9. The van der Waals surface area contributed by atoms with Crippen molar-refractivity contribution in [3.05, 3.63) is 17.9 Å². The highest BCUT2D eigenvalue weighted by molar-refractivity contribution is 5.68. The summed E-state index contributed by atoms with van der Waals surface area (Å²) in [6.45, 7) is 3.85. The topological polar surface area (TPSA) is 47.3 Å². The number of alkyl halides is 3. The average molecular weight is 308 g/mol. The lowest BCUT2D eigenvalue weighted by atomic mass is 10.2. The molecule has 1 aromatic carbocycles. The number of unbranched alkanes of at least 4 members (excludes halogenated alkanes) is 1. The van der Waals surface area contributed by atoms with Crippen LogP contribution >= 0.6 is 0 Å². The molecule has 0 saturated heterocycles. The number of ether oxygens (including phenoxy) is 1. The van der Waals surface area contributed by atoms with Crippen LogP contribution in [0.4, 0.5) is 28.9 Å². The molecule has 1 aromatic rings. The predicted molar refractivity (Wildman–Crippen MR) is 75.0 cm³/mol. The van der Waals surface area contributed by atoms with E-state index in [1.54, 1.807) is 13.8 Å². The van der Waals surface area contributed by atoms with Gasteiger partial charge in [-0.2, -0.15) is 13.2 Å². The molecule has 0 radical (unpaired) electrons. The Morgan fingerprint density at radius 2 is 1.90 bits per heavy atom. The van der Waals surface area contributed by atoms with E-state index in [0.717, 1.165) is 6.07 Å². The Morgan fingerprint density at radius 1 is 1.24 bits per heavy atom. The Hall–Kier alpha value is -1.66. The molecule has 3 nitrogen and oxygen atoms in total. The molecule has 0 aliphatic rings. The van der Waals surface area contributed by atoms with E-state index in [0.29, 0.717) is 18.7 Å². The number of benzene rings is 1. The van der Waals surface area contributed by atoms with Gasteiger partial charge in [-0.15, -0.1) is 0 Å². The largest absolute Gasteiger partial charge is 0.488 e. The van der Waals surface area contributed by atoms with E-state index in [-0.39, 0.29) is 24.0 Å². The third-order valence-electron chi connectivity index (χ3n) is 2.67. The number of hydrogen-bond donors (Lipinski definition) is 2. The van der Waals surface area contributed by atoms with E-state index >= 15 is 0 Å². The van der Waals surface area contributed by atoms with Crippen molar-refractivity contribution < 1.29 is 22.3 Å². The first kappa shape index (κ1) is 17.4. The molecule has 0 atom stereocenters. The summed E-state index contributed by atoms with van der Waals surface area (Å²) in [5, 5.41) is 2.90. The van der Waals surface area contributed by atoms with Gasteiger partial charge in [0.15, 0.2) is 11.6 Å². The SMILES string of the molecule is CC(C)Oc1cc(NCCCCC(F)(F)F)c(N)cc1F. The van der Waals surface area contributed by atoms with Gasteiger partial charge in [0.1, 0.15) is 0 Å². The second-order valence-electron chi connectivity index (χ2n) is 5.04. The lowest BCUT2D eigenvalue weighted by Gasteiger charge is -2.15. The molecule has 0 aliphatic carbocycles. The summed E-state index contributed by atoms with van der Waals surface area (Å²) >= 11 is 0. The molecule has 3 N–H and O–H groups in total. The fraction of sp³-hybridized carbons (Fsp3) is 0.571. The van der Waals surface area contributed by atoms with Crippen molar-refractivity contribution in [3.63, 3.8) is 0 Å². The van der Waals surface area contributed by atoms with Gasteiger partial charge in [0.2, 0.25) is 0 Å². The van der Waals surface area contributed by atoms with E-state index < -0.39 is 18.4 Å². The molecular weight excluding hydrogens is 288 g/mol. The molecular formula is C14H20F4N2O. The number of nitrogens with one attached hydrogen (secondary N) is 1. The van der Waals surface area contributed by atoms with Crippen LogP contribution in [0, 0.1) is 5.82 Å². The van der Waals surface area contributed by atoms with Gasteiger partial charge < -0.3 is 15.8 Å². The highest BCUT2D eigenvalue weighted by Gasteiger charge is 2.25. The summed E-state index contributed by atoms with van der Waals surface area (Å²) in [7, 11) is 0. The molecule has 0 bridgehead atoms. The van der Waals surface area contributed by atoms with Crippen molar-refractivity contribution in [2.75, 3.05) is 17.6 Å². The van der Waals surface area contributed by atoms with Gasteiger partial charge in [-0.25, -0.2) is 4.39 Å². The van der Waals surface area contributed by atoms with Crippen LogP contribution in [0.15, 0.2) is 12.1 Å². The Morgan fingerprint density at radius 3 is 2.48 bits per heavy atom. The summed E-state index contributed by atoms with van der Waals surface area (Å²) in [6, 6.07) is 2.56. The van der Waals surface area contributed by atoms with Gasteiger partial charge in [0.25, 0.3) is 0 Å². The first-order valence-corrected chi connectivity index (χ1v) is 6.75. The summed E-state index contributed by atoms with van der Waals surface area (Å²) in [6.07, 6.45) is -4.76. The molecule has 7 heteroatoms. The second-order valence-corrected chi connectivity index (χ2v) is 5.04. The lowest BCUT2D eigenvalue weighted by molar-refractivity contribution is -0.135. The smallest absolute Gasteiger partial charge is 0.389 e. The van der Waals surface area contributed by atoms with Gasteiger partial charge in [0, 0.05) is 25.1 Å². The minimum atomic E-state index is -4.13. The molecule has 21 heavy (non-hydrogen) atoms. The van der Waals surface area contributed by atoms with Crippen molar-refractivity contribution in [2.45, 2.75) is 45.4 Å². The third kappa shape index (κ3) is 6.55. The van der Waals surface area contributed by atoms with E-state index in [1.807, 2.05) is 0 Å². The Labute approximate surface area is 121 Å². The molecule has 0 aliphatic heterocycles. The Balaban J connectivity index is 2.54. The van der Waals surface area contributed by atoms with Gasteiger partial charge in [-0.3, -0.25) is 0 Å². The molecule has 120 valence electrons. The van der Waals surface area contributed by atoms with Gasteiger partial charge >= 0.3 is 6.18 Å². The quantitative estimate of drug-likeness (QED) is 0.447. The molecule has 0 fully saturated rings. The Kier molecular flexibility index (Phi) is 6.11. The number of nitrogens with two attached hydrogens (primary N) is 1. The molecule has 0 heterocycles. The van der Waals surface area contributed by atoms with E-state index in [9.17, 15) is 17.6 Å². The minimum Gasteiger partial charge on any atom is -0.488 e. The standard InChI is InChI=1S/C14H20F4N2O/c1-9(2)21-13-8-12(11(19)7-10(13)15)20-6-4-3-5-14(16,17)18/h7-9,20H,3-6,19H2,1-2H3. The molecule has 0 aromatic heterocycles. The van der Waals surface area contributed by atoms with Crippen molar-refractivity contribution in [1.82, 2.24) is 0 Å². The molecule has 0 amide bonds. The monoisotopic (exact) mass is 308 g/mol.